The number of likely N-dealkylation sites (tertiary alicyclic amines) is 1. The SMILES string of the molecule is CNC(=O)c1ccc(N2CCC(N3CCC(c4nc5ccc(F)cc5c(=O)[nH]4)C3)CC2)cn1. The minimum atomic E-state index is -0.431. The van der Waals surface area contributed by atoms with E-state index in [1.165, 1.54) is 12.1 Å². The molecule has 8 nitrogen and oxygen atoms in total. The fourth-order valence-electron chi connectivity index (χ4n) is 4.99. The number of piperidine rings is 1. The molecule has 0 aliphatic carbocycles. The van der Waals surface area contributed by atoms with E-state index < -0.39 is 5.82 Å². The number of rotatable bonds is 4. The fourth-order valence-corrected chi connectivity index (χ4v) is 4.99. The first kappa shape index (κ1) is 21.5. The van der Waals surface area contributed by atoms with Gasteiger partial charge in [0.2, 0.25) is 0 Å². The number of halogens is 1. The molecular weight excluding hydrogens is 423 g/mol. The van der Waals surface area contributed by atoms with Crippen LogP contribution in [0.15, 0.2) is 41.3 Å². The Morgan fingerprint density at radius 1 is 1.15 bits per heavy atom. The Hall–Kier alpha value is -3.33. The van der Waals surface area contributed by atoms with Crippen molar-refractivity contribution in [3.63, 3.8) is 0 Å². The number of hydrogen-bond acceptors (Lipinski definition) is 6. The summed E-state index contributed by atoms with van der Waals surface area (Å²) in [6.45, 7) is 3.71. The van der Waals surface area contributed by atoms with E-state index >= 15 is 0 Å². The highest BCUT2D eigenvalue weighted by Crippen LogP contribution is 2.30. The van der Waals surface area contributed by atoms with Gasteiger partial charge in [0.05, 0.1) is 22.8 Å². The van der Waals surface area contributed by atoms with E-state index in [9.17, 15) is 14.0 Å². The molecular formula is C24H27FN6O2. The molecule has 2 saturated heterocycles. The number of aromatic nitrogens is 3. The quantitative estimate of drug-likeness (QED) is 0.633. The molecule has 0 radical (unpaired) electrons. The topological polar surface area (TPSA) is 94.2 Å². The Balaban J connectivity index is 1.21. The van der Waals surface area contributed by atoms with Gasteiger partial charge in [-0.3, -0.25) is 14.5 Å². The molecule has 2 N–H and O–H groups in total. The Morgan fingerprint density at radius 3 is 2.70 bits per heavy atom. The van der Waals surface area contributed by atoms with Crippen LogP contribution in [-0.2, 0) is 0 Å². The molecule has 0 saturated carbocycles. The van der Waals surface area contributed by atoms with E-state index in [2.05, 4.69) is 30.1 Å². The molecule has 5 rings (SSSR count). The van der Waals surface area contributed by atoms with Crippen LogP contribution in [0.5, 0.6) is 0 Å². The lowest BCUT2D eigenvalue weighted by atomic mass is 10.0. The molecule has 33 heavy (non-hydrogen) atoms. The smallest absolute Gasteiger partial charge is 0.269 e. The van der Waals surface area contributed by atoms with Crippen molar-refractivity contribution in [1.82, 2.24) is 25.2 Å². The van der Waals surface area contributed by atoms with Gasteiger partial charge < -0.3 is 15.2 Å². The van der Waals surface area contributed by atoms with Gasteiger partial charge in [0.25, 0.3) is 11.5 Å². The van der Waals surface area contributed by atoms with Gasteiger partial charge in [0.1, 0.15) is 17.3 Å². The van der Waals surface area contributed by atoms with Crippen LogP contribution in [0.3, 0.4) is 0 Å². The molecule has 1 aromatic carbocycles. The zero-order valence-corrected chi connectivity index (χ0v) is 18.6. The summed E-state index contributed by atoms with van der Waals surface area (Å²) in [5.41, 5.74) is 1.72. The van der Waals surface area contributed by atoms with Gasteiger partial charge in [-0.25, -0.2) is 14.4 Å². The number of pyridine rings is 1. The van der Waals surface area contributed by atoms with Crippen molar-refractivity contribution in [2.75, 3.05) is 38.1 Å². The summed E-state index contributed by atoms with van der Waals surface area (Å²) >= 11 is 0. The molecule has 4 heterocycles. The molecule has 2 aliphatic heterocycles. The third kappa shape index (κ3) is 4.32. The summed E-state index contributed by atoms with van der Waals surface area (Å²) < 4.78 is 13.5. The first-order valence-corrected chi connectivity index (χ1v) is 11.4. The summed E-state index contributed by atoms with van der Waals surface area (Å²) in [6, 6.07) is 8.36. The van der Waals surface area contributed by atoms with Crippen LogP contribution in [0.25, 0.3) is 10.9 Å². The van der Waals surface area contributed by atoms with Crippen molar-refractivity contribution in [3.05, 3.63) is 64.2 Å². The zero-order chi connectivity index (χ0) is 22.9. The number of amides is 1. The first-order chi connectivity index (χ1) is 16.0. The Labute approximate surface area is 190 Å². The predicted octanol–water partition coefficient (Wildman–Crippen LogP) is 2.28. The molecule has 2 aliphatic rings. The van der Waals surface area contributed by atoms with Gasteiger partial charge in [0, 0.05) is 38.6 Å². The molecule has 3 aromatic rings. The highest BCUT2D eigenvalue weighted by molar-refractivity contribution is 5.92. The second-order valence-electron chi connectivity index (χ2n) is 8.79. The largest absolute Gasteiger partial charge is 0.370 e. The second-order valence-corrected chi connectivity index (χ2v) is 8.79. The van der Waals surface area contributed by atoms with Crippen LogP contribution in [0.1, 0.15) is 41.5 Å². The van der Waals surface area contributed by atoms with Crippen molar-refractivity contribution in [2.45, 2.75) is 31.2 Å². The number of nitrogens with one attached hydrogen (secondary N) is 2. The standard InChI is InChI=1S/C24H27FN6O2/c1-26-24(33)21-5-3-18(13-27-21)30-10-7-17(8-11-30)31-9-6-15(14-31)22-28-20-4-2-16(25)12-19(20)23(32)29-22/h2-5,12-13,15,17H,6-11,14H2,1H3,(H,26,33)(H,28,29,32). The molecule has 172 valence electrons. The third-order valence-corrected chi connectivity index (χ3v) is 6.85. The highest BCUT2D eigenvalue weighted by Gasteiger charge is 2.32. The lowest BCUT2D eigenvalue weighted by Crippen LogP contribution is -2.44. The number of anilines is 1. The van der Waals surface area contributed by atoms with Crippen LogP contribution in [-0.4, -0.2) is 65.0 Å². The minimum Gasteiger partial charge on any atom is -0.370 e. The average Bonchev–Trinajstić information content (AvgIpc) is 3.34. The number of H-pyrrole nitrogens is 1. The third-order valence-electron chi connectivity index (χ3n) is 6.85. The summed E-state index contributed by atoms with van der Waals surface area (Å²) in [6.07, 6.45) is 4.81. The maximum Gasteiger partial charge on any atom is 0.269 e. The van der Waals surface area contributed by atoms with E-state index in [0.29, 0.717) is 28.5 Å². The Kier molecular flexibility index (Phi) is 5.80. The van der Waals surface area contributed by atoms with Gasteiger partial charge in [0.15, 0.2) is 0 Å². The van der Waals surface area contributed by atoms with Crippen molar-refractivity contribution >= 4 is 22.5 Å². The van der Waals surface area contributed by atoms with Gasteiger partial charge in [-0.2, -0.15) is 0 Å². The molecule has 1 unspecified atom stereocenters. The Morgan fingerprint density at radius 2 is 1.97 bits per heavy atom. The van der Waals surface area contributed by atoms with Crippen molar-refractivity contribution in [3.8, 4) is 0 Å². The van der Waals surface area contributed by atoms with Gasteiger partial charge in [-0.1, -0.05) is 0 Å². The number of hydrogen-bond donors (Lipinski definition) is 2. The molecule has 0 bridgehead atoms. The molecule has 1 amide bonds. The molecule has 9 heteroatoms. The monoisotopic (exact) mass is 450 g/mol. The second kappa shape index (κ2) is 8.90. The van der Waals surface area contributed by atoms with Gasteiger partial charge in [-0.15, -0.1) is 0 Å². The molecule has 1 atom stereocenters. The number of nitrogens with zero attached hydrogens (tertiary/aromatic N) is 4. The first-order valence-electron chi connectivity index (χ1n) is 11.4. The van der Waals surface area contributed by atoms with E-state index in [0.717, 1.165) is 51.1 Å². The van der Waals surface area contributed by atoms with E-state index in [1.807, 2.05) is 6.07 Å². The van der Waals surface area contributed by atoms with E-state index in [4.69, 9.17) is 0 Å². The summed E-state index contributed by atoms with van der Waals surface area (Å²) in [5.74, 6) is 0.255. The molecule has 2 aromatic heterocycles. The average molecular weight is 451 g/mol. The van der Waals surface area contributed by atoms with E-state index in [1.54, 1.807) is 25.4 Å². The fraction of sp³-hybridized carbons (Fsp3) is 0.417. The van der Waals surface area contributed by atoms with Crippen LogP contribution in [0.4, 0.5) is 10.1 Å². The van der Waals surface area contributed by atoms with Crippen molar-refractivity contribution in [1.29, 1.82) is 0 Å². The number of aromatic amines is 1. The lowest BCUT2D eigenvalue weighted by molar-refractivity contribution is 0.0958. The summed E-state index contributed by atoms with van der Waals surface area (Å²) in [7, 11) is 1.60. The van der Waals surface area contributed by atoms with E-state index in [-0.39, 0.29) is 17.4 Å². The van der Waals surface area contributed by atoms with Gasteiger partial charge >= 0.3 is 0 Å². The molecule has 0 spiro atoms. The van der Waals surface area contributed by atoms with Crippen molar-refractivity contribution < 1.29 is 9.18 Å². The highest BCUT2D eigenvalue weighted by atomic mass is 19.1. The maximum absolute atomic E-state index is 13.5. The normalized spacial score (nSPS) is 19.8. The number of benzene rings is 1. The summed E-state index contributed by atoms with van der Waals surface area (Å²) in [4.78, 5) is 40.7. The number of carbonyl (C=O) groups excluding carboxylic acids is 1. The van der Waals surface area contributed by atoms with Crippen LogP contribution in [0, 0.1) is 5.82 Å². The zero-order valence-electron chi connectivity index (χ0n) is 18.6. The number of fused-ring (bicyclic) bond motifs is 1. The number of carbonyl (C=O) groups is 1. The minimum absolute atomic E-state index is 0.173. The van der Waals surface area contributed by atoms with Crippen LogP contribution < -0.4 is 15.8 Å². The van der Waals surface area contributed by atoms with Gasteiger partial charge in [-0.05, 0) is 56.1 Å². The van der Waals surface area contributed by atoms with Crippen molar-refractivity contribution in [2.24, 2.45) is 0 Å². The van der Waals surface area contributed by atoms with Crippen LogP contribution in [0.2, 0.25) is 0 Å². The maximum atomic E-state index is 13.5. The summed E-state index contributed by atoms with van der Waals surface area (Å²) in [5, 5.41) is 2.88. The molecule has 2 fully saturated rings. The Bertz CT molecular complexity index is 1220. The van der Waals surface area contributed by atoms with Crippen LogP contribution >= 0.6 is 0 Å². The lowest BCUT2D eigenvalue weighted by Gasteiger charge is -2.37. The predicted molar refractivity (Wildman–Crippen MR) is 124 cm³/mol.